The molecule has 0 radical (unpaired) electrons. The second-order valence-corrected chi connectivity index (χ2v) is 6.54. The number of fused-ring (bicyclic) bond motifs is 1. The number of aryl methyl sites for hydroxylation is 2. The van der Waals surface area contributed by atoms with Gasteiger partial charge in [-0.2, -0.15) is 9.61 Å². The number of anilines is 2. The molecule has 3 heterocycles. The highest BCUT2D eigenvalue weighted by atomic mass is 15.3. The van der Waals surface area contributed by atoms with Gasteiger partial charge in [-0.05, 0) is 50.5 Å². The number of benzene rings is 1. The average molecular weight is 322 g/mol. The first kappa shape index (κ1) is 14.9. The molecule has 0 saturated carbocycles. The molecule has 0 amide bonds. The lowest BCUT2D eigenvalue weighted by atomic mass is 10.0. The molecule has 1 fully saturated rings. The molecule has 6 nitrogen and oxygen atoms in total. The van der Waals surface area contributed by atoms with E-state index in [-0.39, 0.29) is 0 Å². The molecule has 1 aliphatic rings. The Hall–Kier alpha value is -2.63. The molecule has 3 aromatic rings. The van der Waals surface area contributed by atoms with Gasteiger partial charge in [-0.1, -0.05) is 12.1 Å². The Balaban J connectivity index is 1.45. The van der Waals surface area contributed by atoms with Gasteiger partial charge in [-0.3, -0.25) is 0 Å². The standard InChI is InChI=1S/C18H22N6/c1-13-4-3-5-16(10-13)23-8-6-15(7-9-23)20-17-11-14(2)22-24-12-19-21-18(17)24/h3-5,10-12,15,20H,6-9H2,1-2H3. The topological polar surface area (TPSA) is 58.4 Å². The fraction of sp³-hybridized carbons (Fsp3) is 0.389. The van der Waals surface area contributed by atoms with E-state index in [0.29, 0.717) is 6.04 Å². The number of hydrogen-bond donors (Lipinski definition) is 1. The van der Waals surface area contributed by atoms with Crippen molar-refractivity contribution in [2.75, 3.05) is 23.3 Å². The zero-order valence-corrected chi connectivity index (χ0v) is 14.1. The molecule has 1 N–H and O–H groups in total. The average Bonchev–Trinajstić information content (AvgIpc) is 3.04. The summed E-state index contributed by atoms with van der Waals surface area (Å²) < 4.78 is 1.74. The monoisotopic (exact) mass is 322 g/mol. The van der Waals surface area contributed by atoms with Crippen LogP contribution in [0.3, 0.4) is 0 Å². The highest BCUT2D eigenvalue weighted by Crippen LogP contribution is 2.24. The normalized spacial score (nSPS) is 15.8. The van der Waals surface area contributed by atoms with Gasteiger partial charge in [0, 0.05) is 24.8 Å². The maximum atomic E-state index is 4.39. The first-order chi connectivity index (χ1) is 11.7. The van der Waals surface area contributed by atoms with Gasteiger partial charge in [-0.15, -0.1) is 10.2 Å². The molecular formula is C18H22N6. The fourth-order valence-corrected chi connectivity index (χ4v) is 3.39. The third kappa shape index (κ3) is 2.91. The summed E-state index contributed by atoms with van der Waals surface area (Å²) in [5, 5.41) is 16.2. The quantitative estimate of drug-likeness (QED) is 0.803. The lowest BCUT2D eigenvalue weighted by Crippen LogP contribution is -2.39. The zero-order valence-electron chi connectivity index (χ0n) is 14.1. The molecule has 6 heteroatoms. The van der Waals surface area contributed by atoms with E-state index in [1.807, 2.05) is 6.92 Å². The lowest BCUT2D eigenvalue weighted by molar-refractivity contribution is 0.526. The number of rotatable bonds is 3. The summed E-state index contributed by atoms with van der Waals surface area (Å²) in [5.41, 5.74) is 5.42. The lowest BCUT2D eigenvalue weighted by Gasteiger charge is -2.34. The molecule has 4 rings (SSSR count). The number of hydrogen-bond acceptors (Lipinski definition) is 5. The van der Waals surface area contributed by atoms with Crippen molar-refractivity contribution in [2.24, 2.45) is 0 Å². The largest absolute Gasteiger partial charge is 0.379 e. The second kappa shape index (κ2) is 6.11. The van der Waals surface area contributed by atoms with Crippen molar-refractivity contribution in [2.45, 2.75) is 32.7 Å². The maximum absolute atomic E-state index is 4.39. The molecule has 0 spiro atoms. The van der Waals surface area contributed by atoms with Crippen LogP contribution >= 0.6 is 0 Å². The molecule has 1 aromatic carbocycles. The van der Waals surface area contributed by atoms with Crippen LogP contribution in [0.1, 0.15) is 24.1 Å². The molecule has 0 atom stereocenters. The van der Waals surface area contributed by atoms with Gasteiger partial charge < -0.3 is 10.2 Å². The number of piperidine rings is 1. The van der Waals surface area contributed by atoms with E-state index < -0.39 is 0 Å². The van der Waals surface area contributed by atoms with E-state index in [2.05, 4.69) is 62.8 Å². The van der Waals surface area contributed by atoms with E-state index in [4.69, 9.17) is 0 Å². The molecule has 0 unspecified atom stereocenters. The van der Waals surface area contributed by atoms with E-state index in [1.165, 1.54) is 11.3 Å². The van der Waals surface area contributed by atoms with Crippen molar-refractivity contribution in [1.82, 2.24) is 19.8 Å². The van der Waals surface area contributed by atoms with Crippen LogP contribution in [0.2, 0.25) is 0 Å². The summed E-state index contributed by atoms with van der Waals surface area (Å²) in [4.78, 5) is 2.47. The van der Waals surface area contributed by atoms with Crippen molar-refractivity contribution in [3.05, 3.63) is 47.9 Å². The van der Waals surface area contributed by atoms with Crippen molar-refractivity contribution in [3.63, 3.8) is 0 Å². The predicted octanol–water partition coefficient (Wildman–Crippen LogP) is 2.82. The first-order valence-corrected chi connectivity index (χ1v) is 8.45. The molecule has 0 bridgehead atoms. The Labute approximate surface area is 141 Å². The van der Waals surface area contributed by atoms with Gasteiger partial charge in [0.2, 0.25) is 5.65 Å². The third-order valence-electron chi connectivity index (χ3n) is 4.61. The summed E-state index contributed by atoms with van der Waals surface area (Å²) in [6.07, 6.45) is 3.86. The predicted molar refractivity (Wildman–Crippen MR) is 95.6 cm³/mol. The van der Waals surface area contributed by atoms with Crippen LogP contribution in [0.25, 0.3) is 5.65 Å². The molecule has 1 aliphatic heterocycles. The molecular weight excluding hydrogens is 300 g/mol. The summed E-state index contributed by atoms with van der Waals surface area (Å²) in [5.74, 6) is 0. The fourth-order valence-electron chi connectivity index (χ4n) is 3.39. The van der Waals surface area contributed by atoms with Crippen molar-refractivity contribution in [3.8, 4) is 0 Å². The highest BCUT2D eigenvalue weighted by Gasteiger charge is 2.20. The van der Waals surface area contributed by atoms with Crippen molar-refractivity contribution in [1.29, 1.82) is 0 Å². The summed E-state index contributed by atoms with van der Waals surface area (Å²) in [6, 6.07) is 11.3. The molecule has 124 valence electrons. The third-order valence-corrected chi connectivity index (χ3v) is 4.61. The van der Waals surface area contributed by atoms with Gasteiger partial charge in [0.05, 0.1) is 11.4 Å². The van der Waals surface area contributed by atoms with Crippen LogP contribution in [0.15, 0.2) is 36.7 Å². The summed E-state index contributed by atoms with van der Waals surface area (Å²) >= 11 is 0. The highest BCUT2D eigenvalue weighted by molar-refractivity contribution is 5.67. The minimum Gasteiger partial charge on any atom is -0.379 e. The smallest absolute Gasteiger partial charge is 0.200 e. The van der Waals surface area contributed by atoms with Crippen LogP contribution < -0.4 is 10.2 Å². The summed E-state index contributed by atoms with van der Waals surface area (Å²) in [7, 11) is 0. The van der Waals surface area contributed by atoms with E-state index >= 15 is 0 Å². The Kier molecular flexibility index (Phi) is 3.80. The summed E-state index contributed by atoms with van der Waals surface area (Å²) in [6.45, 7) is 6.26. The Morgan fingerprint density at radius 3 is 2.75 bits per heavy atom. The number of aromatic nitrogens is 4. The SMILES string of the molecule is Cc1cccc(N2CCC(Nc3cc(C)nn4cnnc34)CC2)c1. The van der Waals surface area contributed by atoms with Gasteiger partial charge in [0.25, 0.3) is 0 Å². The van der Waals surface area contributed by atoms with Crippen LogP contribution in [-0.2, 0) is 0 Å². The van der Waals surface area contributed by atoms with Gasteiger partial charge in [0.1, 0.15) is 6.33 Å². The van der Waals surface area contributed by atoms with Crippen LogP contribution in [0.4, 0.5) is 11.4 Å². The molecule has 2 aromatic heterocycles. The number of nitrogens with zero attached hydrogens (tertiary/aromatic N) is 5. The van der Waals surface area contributed by atoms with Crippen LogP contribution in [-0.4, -0.2) is 38.9 Å². The number of nitrogens with one attached hydrogen (secondary N) is 1. The first-order valence-electron chi connectivity index (χ1n) is 8.45. The Morgan fingerprint density at radius 2 is 1.96 bits per heavy atom. The van der Waals surface area contributed by atoms with Crippen LogP contribution in [0, 0.1) is 13.8 Å². The van der Waals surface area contributed by atoms with E-state index in [9.17, 15) is 0 Å². The molecule has 24 heavy (non-hydrogen) atoms. The molecule has 0 aliphatic carbocycles. The molecule has 1 saturated heterocycles. The Bertz CT molecular complexity index is 848. The maximum Gasteiger partial charge on any atom is 0.200 e. The zero-order chi connectivity index (χ0) is 16.5. The van der Waals surface area contributed by atoms with Gasteiger partial charge >= 0.3 is 0 Å². The van der Waals surface area contributed by atoms with Crippen LogP contribution in [0.5, 0.6) is 0 Å². The van der Waals surface area contributed by atoms with Crippen molar-refractivity contribution < 1.29 is 0 Å². The van der Waals surface area contributed by atoms with Gasteiger partial charge in [0.15, 0.2) is 0 Å². The second-order valence-electron chi connectivity index (χ2n) is 6.54. The van der Waals surface area contributed by atoms with Crippen molar-refractivity contribution >= 4 is 17.0 Å². The van der Waals surface area contributed by atoms with Gasteiger partial charge in [-0.25, -0.2) is 0 Å². The minimum atomic E-state index is 0.452. The van der Waals surface area contributed by atoms with E-state index in [1.54, 1.807) is 10.8 Å². The Morgan fingerprint density at radius 1 is 1.12 bits per heavy atom. The minimum absolute atomic E-state index is 0.452. The van der Waals surface area contributed by atoms with E-state index in [0.717, 1.165) is 43.0 Å².